The van der Waals surface area contributed by atoms with Gasteiger partial charge < -0.3 is 15.7 Å². The lowest BCUT2D eigenvalue weighted by atomic mass is 10.1. The van der Waals surface area contributed by atoms with E-state index in [1.807, 2.05) is 35.8 Å². The molecule has 0 spiro atoms. The SMILES string of the molecule is CCNC(=NCC(C)(O)c1cccs1)NCC(C)N1CCc2sccc2C1.I. The lowest BCUT2D eigenvalue weighted by Crippen LogP contribution is -2.47. The number of aliphatic hydroxyl groups is 1. The van der Waals surface area contributed by atoms with Gasteiger partial charge in [-0.1, -0.05) is 6.07 Å². The Labute approximate surface area is 193 Å². The van der Waals surface area contributed by atoms with E-state index in [9.17, 15) is 5.11 Å². The second-order valence-electron chi connectivity index (χ2n) is 7.27. The Bertz CT molecular complexity index is 745. The van der Waals surface area contributed by atoms with Crippen LogP contribution in [0.3, 0.4) is 0 Å². The van der Waals surface area contributed by atoms with Gasteiger partial charge in [0.15, 0.2) is 5.96 Å². The van der Waals surface area contributed by atoms with Crippen LogP contribution in [0.15, 0.2) is 34.0 Å². The van der Waals surface area contributed by atoms with Gasteiger partial charge in [0, 0.05) is 42.0 Å². The van der Waals surface area contributed by atoms with E-state index >= 15 is 0 Å². The first-order chi connectivity index (χ1) is 13.0. The van der Waals surface area contributed by atoms with E-state index in [4.69, 9.17) is 0 Å². The number of hydrogen-bond donors (Lipinski definition) is 3. The van der Waals surface area contributed by atoms with E-state index in [2.05, 4.69) is 45.8 Å². The zero-order valence-corrected chi connectivity index (χ0v) is 20.7. The third-order valence-corrected chi connectivity index (χ3v) is 7.11. The fourth-order valence-corrected chi connectivity index (χ4v) is 4.93. The summed E-state index contributed by atoms with van der Waals surface area (Å²) in [5, 5.41) is 21.6. The molecule has 8 heteroatoms. The Morgan fingerprint density at radius 2 is 2.14 bits per heavy atom. The molecule has 0 fully saturated rings. The van der Waals surface area contributed by atoms with Crippen LogP contribution in [-0.4, -0.2) is 48.2 Å². The highest BCUT2D eigenvalue weighted by Crippen LogP contribution is 2.26. The van der Waals surface area contributed by atoms with Gasteiger partial charge in [-0.15, -0.1) is 46.7 Å². The summed E-state index contributed by atoms with van der Waals surface area (Å²) in [7, 11) is 0. The topological polar surface area (TPSA) is 59.9 Å². The maximum atomic E-state index is 10.7. The molecule has 0 amide bonds. The lowest BCUT2D eigenvalue weighted by molar-refractivity contribution is 0.0711. The summed E-state index contributed by atoms with van der Waals surface area (Å²) in [5.41, 5.74) is 0.537. The molecule has 0 saturated heterocycles. The Morgan fingerprint density at radius 1 is 1.32 bits per heavy atom. The molecular formula is C20H31IN4OS2. The van der Waals surface area contributed by atoms with Gasteiger partial charge in [-0.2, -0.15) is 0 Å². The van der Waals surface area contributed by atoms with Crippen LogP contribution >= 0.6 is 46.7 Å². The first-order valence-electron chi connectivity index (χ1n) is 9.57. The smallest absolute Gasteiger partial charge is 0.191 e. The van der Waals surface area contributed by atoms with Gasteiger partial charge in [0.2, 0.25) is 0 Å². The molecule has 0 aliphatic carbocycles. The van der Waals surface area contributed by atoms with Crippen molar-refractivity contribution in [3.63, 3.8) is 0 Å². The fraction of sp³-hybridized carbons (Fsp3) is 0.550. The summed E-state index contributed by atoms with van der Waals surface area (Å²) in [6.45, 7) is 10.2. The summed E-state index contributed by atoms with van der Waals surface area (Å²) in [6, 6.07) is 6.59. The molecule has 2 aromatic rings. The standard InChI is InChI=1S/C20H30N4OS2.HI/c1-4-21-19(23-14-20(3,25)18-6-5-10-27-18)22-12-15(2)24-9-7-17-16(13-24)8-11-26-17;/h5-6,8,10-11,15,25H,4,7,9,12-14H2,1-3H3,(H2,21,22,23);1H. The zero-order valence-electron chi connectivity index (χ0n) is 16.8. The van der Waals surface area contributed by atoms with E-state index in [1.165, 1.54) is 10.4 Å². The number of halogens is 1. The van der Waals surface area contributed by atoms with Gasteiger partial charge in [-0.3, -0.25) is 4.90 Å². The van der Waals surface area contributed by atoms with Crippen molar-refractivity contribution in [2.75, 3.05) is 26.2 Å². The van der Waals surface area contributed by atoms with E-state index in [1.54, 1.807) is 11.3 Å². The van der Waals surface area contributed by atoms with Gasteiger partial charge in [0.1, 0.15) is 5.60 Å². The van der Waals surface area contributed by atoms with Crippen LogP contribution in [-0.2, 0) is 18.6 Å². The molecule has 3 rings (SSSR count). The average molecular weight is 535 g/mol. The Kier molecular flexibility index (Phi) is 9.20. The largest absolute Gasteiger partial charge is 0.383 e. The molecule has 3 N–H and O–H groups in total. The number of fused-ring (bicyclic) bond motifs is 1. The number of nitrogens with one attached hydrogen (secondary N) is 2. The van der Waals surface area contributed by atoms with Crippen LogP contribution in [0.2, 0.25) is 0 Å². The van der Waals surface area contributed by atoms with E-state index in [0.29, 0.717) is 12.6 Å². The normalized spacial score (nSPS) is 17.9. The van der Waals surface area contributed by atoms with Crippen LogP contribution in [0.1, 0.15) is 36.1 Å². The summed E-state index contributed by atoms with van der Waals surface area (Å²) in [6.07, 6.45) is 1.15. The van der Waals surface area contributed by atoms with Crippen molar-refractivity contribution >= 4 is 52.6 Å². The third-order valence-electron chi connectivity index (χ3n) is 4.97. The Balaban J connectivity index is 0.00000280. The molecule has 0 aromatic carbocycles. The van der Waals surface area contributed by atoms with Crippen molar-refractivity contribution in [1.29, 1.82) is 0 Å². The highest BCUT2D eigenvalue weighted by molar-refractivity contribution is 14.0. The Morgan fingerprint density at radius 3 is 2.86 bits per heavy atom. The van der Waals surface area contributed by atoms with Gasteiger partial charge in [-0.05, 0) is 55.6 Å². The van der Waals surface area contributed by atoms with Crippen LogP contribution in [0, 0.1) is 0 Å². The van der Waals surface area contributed by atoms with E-state index in [0.717, 1.165) is 43.4 Å². The molecule has 2 aromatic heterocycles. The lowest BCUT2D eigenvalue weighted by Gasteiger charge is -2.33. The quantitative estimate of drug-likeness (QED) is 0.289. The van der Waals surface area contributed by atoms with E-state index < -0.39 is 5.60 Å². The van der Waals surface area contributed by atoms with Crippen molar-refractivity contribution in [3.8, 4) is 0 Å². The molecule has 28 heavy (non-hydrogen) atoms. The van der Waals surface area contributed by atoms with Crippen LogP contribution < -0.4 is 10.6 Å². The van der Waals surface area contributed by atoms with Gasteiger partial charge in [-0.25, -0.2) is 4.99 Å². The monoisotopic (exact) mass is 534 g/mol. The van der Waals surface area contributed by atoms with Crippen molar-refractivity contribution < 1.29 is 5.11 Å². The van der Waals surface area contributed by atoms with E-state index in [-0.39, 0.29) is 24.0 Å². The second kappa shape index (κ2) is 10.9. The van der Waals surface area contributed by atoms with Crippen LogP contribution in [0.5, 0.6) is 0 Å². The summed E-state index contributed by atoms with van der Waals surface area (Å²) < 4.78 is 0. The maximum absolute atomic E-state index is 10.7. The first-order valence-corrected chi connectivity index (χ1v) is 11.3. The minimum Gasteiger partial charge on any atom is -0.383 e. The highest BCUT2D eigenvalue weighted by Gasteiger charge is 2.24. The third kappa shape index (κ3) is 6.16. The average Bonchev–Trinajstić information content (AvgIpc) is 3.35. The fourth-order valence-electron chi connectivity index (χ4n) is 3.26. The van der Waals surface area contributed by atoms with Crippen molar-refractivity contribution in [2.45, 2.75) is 45.4 Å². The number of hydrogen-bond acceptors (Lipinski definition) is 5. The number of aliphatic imine (C=N–C) groups is 1. The molecule has 5 nitrogen and oxygen atoms in total. The molecular weight excluding hydrogens is 503 g/mol. The van der Waals surface area contributed by atoms with Crippen molar-refractivity contribution in [3.05, 3.63) is 44.3 Å². The minimum absolute atomic E-state index is 0. The molecule has 3 heterocycles. The molecule has 0 radical (unpaired) electrons. The number of rotatable bonds is 7. The Hall–Kier alpha value is -0.680. The number of thiophene rings is 2. The second-order valence-corrected chi connectivity index (χ2v) is 9.21. The molecule has 2 unspecified atom stereocenters. The molecule has 0 bridgehead atoms. The summed E-state index contributed by atoms with van der Waals surface area (Å²) >= 11 is 3.44. The predicted molar refractivity (Wildman–Crippen MR) is 131 cm³/mol. The minimum atomic E-state index is -0.940. The van der Waals surface area contributed by atoms with Crippen LogP contribution in [0.4, 0.5) is 0 Å². The zero-order chi connectivity index (χ0) is 19.3. The van der Waals surface area contributed by atoms with Crippen LogP contribution in [0.25, 0.3) is 0 Å². The number of nitrogens with zero attached hydrogens (tertiary/aromatic N) is 2. The molecule has 1 aliphatic rings. The molecule has 0 saturated carbocycles. The summed E-state index contributed by atoms with van der Waals surface area (Å²) in [4.78, 5) is 9.62. The maximum Gasteiger partial charge on any atom is 0.191 e. The molecule has 156 valence electrons. The van der Waals surface area contributed by atoms with Gasteiger partial charge in [0.05, 0.1) is 6.54 Å². The highest BCUT2D eigenvalue weighted by atomic mass is 127. The number of guanidine groups is 1. The van der Waals surface area contributed by atoms with Crippen molar-refractivity contribution in [2.24, 2.45) is 4.99 Å². The summed E-state index contributed by atoms with van der Waals surface area (Å²) in [5.74, 6) is 0.759. The molecule has 1 aliphatic heterocycles. The van der Waals surface area contributed by atoms with Gasteiger partial charge >= 0.3 is 0 Å². The van der Waals surface area contributed by atoms with Crippen molar-refractivity contribution in [1.82, 2.24) is 15.5 Å². The molecule has 2 atom stereocenters. The first kappa shape index (κ1) is 23.6. The van der Waals surface area contributed by atoms with Gasteiger partial charge in [0.25, 0.3) is 0 Å². The predicted octanol–water partition coefficient (Wildman–Crippen LogP) is 3.64.